The summed E-state index contributed by atoms with van der Waals surface area (Å²) in [4.78, 5) is 11.3. The van der Waals surface area contributed by atoms with Crippen molar-refractivity contribution in [3.8, 4) is 22.5 Å². The maximum atomic E-state index is 10.7. The van der Waals surface area contributed by atoms with E-state index in [9.17, 15) is 10.0 Å². The minimum absolute atomic E-state index is 0.159. The molecule has 2 fully saturated rings. The third-order valence-corrected chi connectivity index (χ3v) is 13.5. The second-order valence-electron chi connectivity index (χ2n) is 17.8. The molecule has 0 atom stereocenters. The Morgan fingerprint density at radius 1 is 0.471 bits per heavy atom. The molecule has 2 aliphatic carbocycles. The molecule has 0 spiro atoms. The van der Waals surface area contributed by atoms with Crippen molar-refractivity contribution in [1.29, 1.82) is 0 Å². The van der Waals surface area contributed by atoms with Crippen LogP contribution in [0.3, 0.4) is 0 Å². The van der Waals surface area contributed by atoms with Gasteiger partial charge in [0.25, 0.3) is 11.4 Å². The molecule has 352 valence electrons. The van der Waals surface area contributed by atoms with E-state index in [0.29, 0.717) is 19.6 Å². The van der Waals surface area contributed by atoms with Gasteiger partial charge < -0.3 is 14.7 Å². The first-order chi connectivity index (χ1) is 33.5. The van der Waals surface area contributed by atoms with Crippen molar-refractivity contribution in [2.45, 2.75) is 108 Å². The topological polar surface area (TPSA) is 81.6 Å². The lowest BCUT2D eigenvalue weighted by atomic mass is 9.67. The Bertz CT molecular complexity index is 2270. The minimum Gasteiger partial charge on any atom is -0.871 e. The fourth-order valence-electron chi connectivity index (χ4n) is 10.1. The van der Waals surface area contributed by atoms with Crippen LogP contribution < -0.4 is 29.2 Å². The molecule has 0 radical (unpaired) electrons. The first kappa shape index (κ1) is 49.8. The van der Waals surface area contributed by atoms with E-state index < -0.39 is 7.32 Å². The third-order valence-electron chi connectivity index (χ3n) is 13.5. The average molecular weight is 909 g/mol. The van der Waals surface area contributed by atoms with Gasteiger partial charge in [-0.1, -0.05) is 154 Å². The maximum absolute atomic E-state index is 10.7. The van der Waals surface area contributed by atoms with Crippen molar-refractivity contribution >= 4 is 7.32 Å². The lowest BCUT2D eigenvalue weighted by Crippen LogP contribution is -2.48. The molecule has 7 nitrogen and oxygen atoms in total. The Hall–Kier alpha value is -6.06. The Balaban J connectivity index is 0.000000152. The van der Waals surface area contributed by atoms with Crippen LogP contribution >= 0.6 is 0 Å². The number of hydrogen-bond donors (Lipinski definition) is 0. The fourth-order valence-corrected chi connectivity index (χ4v) is 10.1. The van der Waals surface area contributed by atoms with Gasteiger partial charge in [0.05, 0.1) is 18.4 Å². The molecule has 0 unspecified atom stereocenters. The normalized spacial score (nSPS) is 14.1. The maximum Gasteiger partial charge on any atom is 0.264 e. The zero-order valence-electron chi connectivity index (χ0n) is 40.2. The quantitative estimate of drug-likeness (QED) is 0.0418. The number of aromatic nitrogens is 2. The van der Waals surface area contributed by atoms with Gasteiger partial charge in [-0.2, -0.15) is 0 Å². The molecule has 0 saturated heterocycles. The summed E-state index contributed by atoms with van der Waals surface area (Å²) in [5, 5.41) is 21.4. The Morgan fingerprint density at radius 3 is 1.19 bits per heavy atom. The van der Waals surface area contributed by atoms with Gasteiger partial charge in [-0.25, -0.2) is 0 Å². The minimum atomic E-state index is -2.23. The molecule has 0 amide bonds. The van der Waals surface area contributed by atoms with E-state index in [-0.39, 0.29) is 12.0 Å². The summed E-state index contributed by atoms with van der Waals surface area (Å²) in [5.74, 6) is 1.53. The SMILES string of the molecule is CCO[n+]1ccccc1-c1ccc(C2CCCCC2)cc1.CCO[n+]1ccccc1-c1ccc(C2CCCCC2)cc1.[O-]B([O-])OCCCC(c1ccccc1)(c1ccccc1)c1ccccc1. The van der Waals surface area contributed by atoms with E-state index in [1.807, 2.05) is 102 Å². The third kappa shape index (κ3) is 13.6. The highest BCUT2D eigenvalue weighted by atomic mass is 16.7. The lowest BCUT2D eigenvalue weighted by Gasteiger charge is -2.37. The highest BCUT2D eigenvalue weighted by molar-refractivity contribution is 6.28. The summed E-state index contributed by atoms with van der Waals surface area (Å²) in [6, 6.07) is 61.5. The first-order valence-corrected chi connectivity index (χ1v) is 25.1. The summed E-state index contributed by atoms with van der Waals surface area (Å²) in [5.41, 5.74) is 10.8. The molecule has 2 aromatic heterocycles. The number of hydrogen-bond acceptors (Lipinski definition) is 5. The monoisotopic (exact) mass is 909 g/mol. The van der Waals surface area contributed by atoms with Gasteiger partial charge in [-0.15, -0.1) is 0 Å². The summed E-state index contributed by atoms with van der Waals surface area (Å²) >= 11 is 0. The molecule has 2 heterocycles. The molecule has 0 N–H and O–H groups in total. The molecule has 8 heteroatoms. The molecule has 68 heavy (non-hydrogen) atoms. The largest absolute Gasteiger partial charge is 0.871 e. The lowest BCUT2D eigenvalue weighted by molar-refractivity contribution is -0.882. The average Bonchev–Trinajstić information content (AvgIpc) is 3.41. The Kier molecular flexibility index (Phi) is 19.4. The van der Waals surface area contributed by atoms with Gasteiger partial charge in [0.15, 0.2) is 13.2 Å². The van der Waals surface area contributed by atoms with Crippen molar-refractivity contribution < 1.29 is 33.8 Å². The van der Waals surface area contributed by atoms with Crippen LogP contribution in [0.5, 0.6) is 0 Å². The van der Waals surface area contributed by atoms with Crippen molar-refractivity contribution in [3.05, 3.63) is 216 Å². The number of pyridine rings is 2. The summed E-state index contributed by atoms with van der Waals surface area (Å²) < 4.78 is 8.45. The highest BCUT2D eigenvalue weighted by Crippen LogP contribution is 2.43. The van der Waals surface area contributed by atoms with Crippen molar-refractivity contribution in [2.24, 2.45) is 0 Å². The summed E-state index contributed by atoms with van der Waals surface area (Å²) in [6.07, 6.45) is 19.0. The van der Waals surface area contributed by atoms with E-state index in [1.54, 1.807) is 0 Å². The molecule has 7 aromatic rings. The molecular formula is C60H69BN2O5. The second kappa shape index (κ2) is 26.5. The van der Waals surface area contributed by atoms with Crippen molar-refractivity contribution in [1.82, 2.24) is 0 Å². The van der Waals surface area contributed by atoms with Gasteiger partial charge >= 0.3 is 0 Å². The van der Waals surface area contributed by atoms with Gasteiger partial charge in [0.1, 0.15) is 0 Å². The predicted octanol–water partition coefficient (Wildman–Crippen LogP) is 10.8. The second-order valence-corrected chi connectivity index (χ2v) is 17.8. The van der Waals surface area contributed by atoms with Crippen LogP contribution in [-0.4, -0.2) is 27.1 Å². The van der Waals surface area contributed by atoms with E-state index >= 15 is 0 Å². The van der Waals surface area contributed by atoms with Crippen LogP contribution in [0.1, 0.15) is 131 Å². The van der Waals surface area contributed by atoms with Gasteiger partial charge in [0, 0.05) is 45.7 Å². The highest BCUT2D eigenvalue weighted by Gasteiger charge is 2.35. The fraction of sp³-hybridized carbons (Fsp3) is 0.333. The molecule has 9 rings (SSSR count). The smallest absolute Gasteiger partial charge is 0.264 e. The molecular weight excluding hydrogens is 839 g/mol. The number of nitrogens with zero attached hydrogens (tertiary/aromatic N) is 2. The molecule has 5 aromatic carbocycles. The Morgan fingerprint density at radius 2 is 0.838 bits per heavy atom. The number of rotatable bonds is 16. The predicted molar refractivity (Wildman–Crippen MR) is 270 cm³/mol. The van der Waals surface area contributed by atoms with Crippen molar-refractivity contribution in [3.63, 3.8) is 0 Å². The van der Waals surface area contributed by atoms with Crippen LogP contribution in [0, 0.1) is 0 Å². The van der Waals surface area contributed by atoms with Crippen LogP contribution in [0.2, 0.25) is 0 Å². The summed E-state index contributed by atoms with van der Waals surface area (Å²) in [7, 11) is -2.23. The molecule has 2 aliphatic rings. The van der Waals surface area contributed by atoms with Gasteiger partial charge in [0.2, 0.25) is 12.4 Å². The van der Waals surface area contributed by atoms with E-state index in [1.165, 1.54) is 103 Å². The molecule has 0 bridgehead atoms. The van der Waals surface area contributed by atoms with Crippen LogP contribution in [0.25, 0.3) is 22.5 Å². The summed E-state index contributed by atoms with van der Waals surface area (Å²) in [6.45, 7) is 5.52. The van der Waals surface area contributed by atoms with Crippen LogP contribution in [0.15, 0.2) is 188 Å². The Labute approximate surface area is 406 Å². The van der Waals surface area contributed by atoms with Gasteiger partial charge in [-0.3, -0.25) is 9.68 Å². The van der Waals surface area contributed by atoms with Gasteiger partial charge in [-0.05, 0) is 128 Å². The molecule has 0 aliphatic heterocycles. The zero-order valence-corrected chi connectivity index (χ0v) is 40.2. The van der Waals surface area contributed by atoms with Crippen LogP contribution in [-0.2, 0) is 10.1 Å². The molecule has 2 saturated carbocycles. The van der Waals surface area contributed by atoms with E-state index in [0.717, 1.165) is 29.6 Å². The zero-order chi connectivity index (χ0) is 47.2. The van der Waals surface area contributed by atoms with E-state index in [4.69, 9.17) is 14.3 Å². The number of benzene rings is 5. The standard InChI is InChI=1S/C22H21BO3.2C19H24NO/c24-23(25)26-18-10-17-22(19-11-4-1-5-12-19,20-13-6-2-7-14-20)21-15-8-3-9-16-21;2*1-2-21-20-15-7-6-10-19(20)18-13-11-17(12-14-18)16-8-4-3-5-9-16/h1-9,11-16H,10,17-18H2;2*6-7,10-16H,2-5,8-9H2,1H3/q-2;2*+1. The van der Waals surface area contributed by atoms with E-state index in [2.05, 4.69) is 109 Å². The first-order valence-electron chi connectivity index (χ1n) is 25.1. The van der Waals surface area contributed by atoms with Crippen LogP contribution in [0.4, 0.5) is 0 Å². The van der Waals surface area contributed by atoms with Crippen molar-refractivity contribution in [2.75, 3.05) is 19.8 Å².